The molecule has 1 amide bonds. The van der Waals surface area contributed by atoms with Crippen molar-refractivity contribution in [3.63, 3.8) is 0 Å². The summed E-state index contributed by atoms with van der Waals surface area (Å²) in [6, 6.07) is 2.44. The molecule has 0 heterocycles. The molecule has 0 spiro atoms. The molecule has 0 atom stereocenters. The van der Waals surface area contributed by atoms with Crippen LogP contribution in [0.2, 0.25) is 0 Å². The van der Waals surface area contributed by atoms with E-state index in [1.165, 1.54) is 6.07 Å². The molecule has 19 heavy (non-hydrogen) atoms. The Kier molecular flexibility index (Phi) is 4.86. The number of carbonyl (C=O) groups is 1. The molecule has 1 aromatic rings. The van der Waals surface area contributed by atoms with E-state index in [1.807, 2.05) is 5.16 Å². The molecule has 2 N–H and O–H groups in total. The lowest BCUT2D eigenvalue weighted by molar-refractivity contribution is -0.126. The van der Waals surface area contributed by atoms with Crippen LogP contribution in [0.1, 0.15) is 25.8 Å². The molecule has 0 aromatic heterocycles. The van der Waals surface area contributed by atoms with E-state index in [9.17, 15) is 13.6 Å². The lowest BCUT2D eigenvalue weighted by atomic mass is 9.85. The van der Waals surface area contributed by atoms with Gasteiger partial charge < -0.3 is 5.73 Å². The van der Waals surface area contributed by atoms with E-state index in [-0.39, 0.29) is 12.0 Å². The molecule has 0 saturated carbocycles. The predicted molar refractivity (Wildman–Crippen MR) is 72.3 cm³/mol. The van der Waals surface area contributed by atoms with E-state index in [1.54, 1.807) is 13.8 Å². The number of nitrogens with two attached hydrogens (primary N) is 1. The van der Waals surface area contributed by atoms with Crippen LogP contribution < -0.4 is 5.73 Å². The second-order valence-corrected chi connectivity index (χ2v) is 5.00. The number of nitrogens with zero attached hydrogens (tertiary/aromatic N) is 1. The van der Waals surface area contributed by atoms with Crippen LogP contribution >= 0.6 is 12.2 Å². The summed E-state index contributed by atoms with van der Waals surface area (Å²) in [6.07, 6.45) is 0.605. The Labute approximate surface area is 115 Å². The maximum atomic E-state index is 14.0. The third-order valence-electron chi connectivity index (χ3n) is 2.99. The standard InChI is InChI=1S/C13H14F2N2OS/c1-13(2,12(16)18)6-5-8-3-4-9(14)11(10(8)15)17-7-19/h3-4H,5-6H2,1-2H3,(H2,16,18). The quantitative estimate of drug-likeness (QED) is 0.667. The minimum Gasteiger partial charge on any atom is -0.369 e. The highest BCUT2D eigenvalue weighted by atomic mass is 32.1. The van der Waals surface area contributed by atoms with Gasteiger partial charge in [0.25, 0.3) is 0 Å². The Hall–Kier alpha value is -1.65. The fourth-order valence-corrected chi connectivity index (χ4v) is 1.59. The summed E-state index contributed by atoms with van der Waals surface area (Å²) in [7, 11) is 0. The number of halogens is 2. The summed E-state index contributed by atoms with van der Waals surface area (Å²) < 4.78 is 27.3. The van der Waals surface area contributed by atoms with Gasteiger partial charge in [-0.1, -0.05) is 19.9 Å². The first kappa shape index (κ1) is 15.4. The van der Waals surface area contributed by atoms with E-state index in [0.717, 1.165) is 6.07 Å². The predicted octanol–water partition coefficient (Wildman–Crippen LogP) is 3.14. The Bertz CT molecular complexity index is 552. The number of thiocarbonyl (C=S) groups is 1. The molecule has 0 aliphatic heterocycles. The smallest absolute Gasteiger partial charge is 0.223 e. The molecule has 1 aromatic carbocycles. The second kappa shape index (κ2) is 5.99. The lowest BCUT2D eigenvalue weighted by Crippen LogP contribution is -2.31. The molecule has 0 bridgehead atoms. The SMILES string of the molecule is CC(C)(CCc1ccc(F)c(N=C=S)c1F)C(N)=O. The van der Waals surface area contributed by atoms with Crippen LogP contribution in [-0.4, -0.2) is 11.1 Å². The molecule has 0 aliphatic carbocycles. The second-order valence-electron chi connectivity index (χ2n) is 4.82. The number of isothiocyanates is 1. The van der Waals surface area contributed by atoms with Crippen molar-refractivity contribution in [1.82, 2.24) is 0 Å². The van der Waals surface area contributed by atoms with Gasteiger partial charge >= 0.3 is 0 Å². The number of aliphatic imine (C=N–C) groups is 1. The maximum absolute atomic E-state index is 14.0. The van der Waals surface area contributed by atoms with Crippen LogP contribution in [-0.2, 0) is 11.2 Å². The molecule has 3 nitrogen and oxygen atoms in total. The molecular formula is C13H14F2N2OS. The summed E-state index contributed by atoms with van der Waals surface area (Å²) in [5, 5.41) is 1.94. The van der Waals surface area contributed by atoms with Crippen molar-refractivity contribution in [2.75, 3.05) is 0 Å². The number of primary amides is 1. The molecule has 0 aliphatic rings. The summed E-state index contributed by atoms with van der Waals surface area (Å²) in [5.41, 5.74) is 4.29. The number of hydrogen-bond acceptors (Lipinski definition) is 3. The van der Waals surface area contributed by atoms with Gasteiger partial charge in [0.05, 0.1) is 5.16 Å². The van der Waals surface area contributed by atoms with Crippen molar-refractivity contribution in [2.45, 2.75) is 26.7 Å². The van der Waals surface area contributed by atoms with E-state index < -0.39 is 28.6 Å². The average Bonchev–Trinajstić information content (AvgIpc) is 2.33. The minimum atomic E-state index is -0.798. The summed E-state index contributed by atoms with van der Waals surface area (Å²) in [5.74, 6) is -2.04. The van der Waals surface area contributed by atoms with Crippen molar-refractivity contribution in [3.8, 4) is 0 Å². The Morgan fingerprint density at radius 1 is 1.47 bits per heavy atom. The summed E-state index contributed by atoms with van der Waals surface area (Å²) >= 11 is 4.34. The molecule has 102 valence electrons. The van der Waals surface area contributed by atoms with Crippen LogP contribution in [0.3, 0.4) is 0 Å². The van der Waals surface area contributed by atoms with E-state index >= 15 is 0 Å². The van der Waals surface area contributed by atoms with Crippen LogP contribution in [0.25, 0.3) is 0 Å². The number of aryl methyl sites for hydroxylation is 1. The topological polar surface area (TPSA) is 55.4 Å². The van der Waals surface area contributed by atoms with Gasteiger partial charge in [0.15, 0.2) is 11.6 Å². The van der Waals surface area contributed by atoms with Gasteiger partial charge in [0.2, 0.25) is 5.91 Å². The number of amides is 1. The van der Waals surface area contributed by atoms with Gasteiger partial charge in [-0.25, -0.2) is 8.78 Å². The van der Waals surface area contributed by atoms with Crippen LogP contribution in [0.4, 0.5) is 14.5 Å². The molecule has 1 rings (SSSR count). The van der Waals surface area contributed by atoms with Crippen LogP contribution in [0, 0.1) is 17.0 Å². The van der Waals surface area contributed by atoms with Crippen LogP contribution in [0.15, 0.2) is 17.1 Å². The molecule has 0 saturated heterocycles. The molecule has 0 unspecified atom stereocenters. The number of hydrogen-bond donors (Lipinski definition) is 1. The van der Waals surface area contributed by atoms with E-state index in [4.69, 9.17) is 5.73 Å². The summed E-state index contributed by atoms with van der Waals surface area (Å²) in [6.45, 7) is 3.35. The summed E-state index contributed by atoms with van der Waals surface area (Å²) in [4.78, 5) is 14.5. The van der Waals surface area contributed by atoms with Crippen molar-refractivity contribution < 1.29 is 13.6 Å². The van der Waals surface area contributed by atoms with Gasteiger partial charge in [-0.2, -0.15) is 4.99 Å². The first-order valence-electron chi connectivity index (χ1n) is 5.64. The molecule has 6 heteroatoms. The van der Waals surface area contributed by atoms with Gasteiger partial charge in [-0.3, -0.25) is 4.79 Å². The van der Waals surface area contributed by atoms with E-state index in [0.29, 0.717) is 6.42 Å². The van der Waals surface area contributed by atoms with Crippen LogP contribution in [0.5, 0.6) is 0 Å². The monoisotopic (exact) mass is 284 g/mol. The zero-order valence-corrected chi connectivity index (χ0v) is 11.5. The fourth-order valence-electron chi connectivity index (χ4n) is 1.49. The maximum Gasteiger partial charge on any atom is 0.223 e. The fraction of sp³-hybridized carbons (Fsp3) is 0.385. The van der Waals surface area contributed by atoms with Gasteiger partial charge in [0, 0.05) is 5.41 Å². The lowest BCUT2D eigenvalue weighted by Gasteiger charge is -2.20. The Morgan fingerprint density at radius 3 is 2.63 bits per heavy atom. The first-order chi connectivity index (χ1) is 8.79. The minimum absolute atomic E-state index is 0.252. The van der Waals surface area contributed by atoms with Gasteiger partial charge in [-0.15, -0.1) is 0 Å². The van der Waals surface area contributed by atoms with Gasteiger partial charge in [-0.05, 0) is 36.7 Å². The Morgan fingerprint density at radius 2 is 2.11 bits per heavy atom. The van der Waals surface area contributed by atoms with Crippen molar-refractivity contribution in [3.05, 3.63) is 29.3 Å². The zero-order chi connectivity index (χ0) is 14.6. The largest absolute Gasteiger partial charge is 0.369 e. The van der Waals surface area contributed by atoms with Crippen molar-refractivity contribution in [1.29, 1.82) is 0 Å². The molecule has 0 fully saturated rings. The average molecular weight is 284 g/mol. The normalized spacial score (nSPS) is 10.9. The number of benzene rings is 1. The first-order valence-corrected chi connectivity index (χ1v) is 6.05. The highest BCUT2D eigenvalue weighted by molar-refractivity contribution is 7.78. The highest BCUT2D eigenvalue weighted by Crippen LogP contribution is 2.28. The van der Waals surface area contributed by atoms with Gasteiger partial charge in [0.1, 0.15) is 5.69 Å². The zero-order valence-electron chi connectivity index (χ0n) is 10.7. The molecule has 0 radical (unpaired) electrons. The number of carbonyl (C=O) groups excluding carboxylic acids is 1. The third-order valence-corrected chi connectivity index (χ3v) is 3.08. The van der Waals surface area contributed by atoms with Crippen molar-refractivity contribution in [2.24, 2.45) is 16.1 Å². The molecular weight excluding hydrogens is 270 g/mol. The van der Waals surface area contributed by atoms with E-state index in [2.05, 4.69) is 17.2 Å². The van der Waals surface area contributed by atoms with Crippen molar-refractivity contribution >= 4 is 29.0 Å². The number of rotatable bonds is 5. The Balaban J connectivity index is 3.01. The third kappa shape index (κ3) is 3.66. The highest BCUT2D eigenvalue weighted by Gasteiger charge is 2.25.